The fraction of sp³-hybridized carbons (Fsp3) is 0.188. The number of benzene rings is 1. The molecule has 20 heavy (non-hydrogen) atoms. The van der Waals surface area contributed by atoms with Gasteiger partial charge in [0.1, 0.15) is 12.4 Å². The molecule has 2 rings (SSSR count). The summed E-state index contributed by atoms with van der Waals surface area (Å²) in [4.78, 5) is 12.6. The molecule has 4 heteroatoms. The third kappa shape index (κ3) is 4.33. The summed E-state index contributed by atoms with van der Waals surface area (Å²) in [5, 5.41) is 1.89. The maximum absolute atomic E-state index is 11.9. The van der Waals surface area contributed by atoms with Gasteiger partial charge in [-0.3, -0.25) is 4.79 Å². The van der Waals surface area contributed by atoms with Gasteiger partial charge in [0.25, 0.3) is 0 Å². The average Bonchev–Trinajstić information content (AvgIpc) is 3.00. The first-order chi connectivity index (χ1) is 9.79. The molecule has 0 spiro atoms. The monoisotopic (exact) mass is 288 g/mol. The highest BCUT2D eigenvalue weighted by atomic mass is 32.1. The summed E-state index contributed by atoms with van der Waals surface area (Å²) >= 11 is 1.44. The Labute approximate surface area is 122 Å². The lowest BCUT2D eigenvalue weighted by Gasteiger charge is -2.05. The van der Waals surface area contributed by atoms with E-state index in [2.05, 4.69) is 0 Å². The van der Waals surface area contributed by atoms with Crippen LogP contribution in [0.15, 0.2) is 47.9 Å². The molecule has 0 aliphatic rings. The highest BCUT2D eigenvalue weighted by Crippen LogP contribution is 2.16. The van der Waals surface area contributed by atoms with Gasteiger partial charge in [-0.05, 0) is 35.2 Å². The van der Waals surface area contributed by atoms with Crippen molar-refractivity contribution in [2.75, 3.05) is 20.3 Å². The van der Waals surface area contributed by atoms with Crippen LogP contribution in [0, 0.1) is 0 Å². The van der Waals surface area contributed by atoms with Crippen LogP contribution in [0.4, 0.5) is 0 Å². The molecule has 0 saturated carbocycles. The van der Waals surface area contributed by atoms with Gasteiger partial charge in [0, 0.05) is 7.11 Å². The molecule has 0 unspecified atom stereocenters. The van der Waals surface area contributed by atoms with Crippen molar-refractivity contribution in [2.24, 2.45) is 0 Å². The molecule has 1 aromatic heterocycles. The van der Waals surface area contributed by atoms with Crippen molar-refractivity contribution < 1.29 is 14.3 Å². The van der Waals surface area contributed by atoms with Crippen LogP contribution in [0.25, 0.3) is 6.08 Å². The van der Waals surface area contributed by atoms with Gasteiger partial charge in [-0.25, -0.2) is 0 Å². The zero-order valence-corrected chi connectivity index (χ0v) is 12.1. The molecule has 0 radical (unpaired) electrons. The van der Waals surface area contributed by atoms with Gasteiger partial charge < -0.3 is 9.47 Å². The Kier molecular flexibility index (Phi) is 5.53. The largest absolute Gasteiger partial charge is 0.491 e. The lowest BCUT2D eigenvalue weighted by Crippen LogP contribution is -2.04. The second kappa shape index (κ2) is 7.62. The van der Waals surface area contributed by atoms with Gasteiger partial charge in [-0.1, -0.05) is 24.3 Å². The Bertz CT molecular complexity index is 573. The van der Waals surface area contributed by atoms with Crippen LogP contribution in [-0.2, 0) is 4.74 Å². The van der Waals surface area contributed by atoms with E-state index in [0.29, 0.717) is 13.2 Å². The third-order valence-electron chi connectivity index (χ3n) is 2.61. The fourth-order valence-corrected chi connectivity index (χ4v) is 2.27. The summed E-state index contributed by atoms with van der Waals surface area (Å²) in [5.74, 6) is 0.790. The highest BCUT2D eigenvalue weighted by Gasteiger charge is 2.01. The number of carbonyl (C=O) groups excluding carboxylic acids is 1. The van der Waals surface area contributed by atoms with Gasteiger partial charge in [-0.2, -0.15) is 0 Å². The molecule has 0 amide bonds. The highest BCUT2D eigenvalue weighted by molar-refractivity contribution is 7.12. The van der Waals surface area contributed by atoms with Gasteiger partial charge in [0.05, 0.1) is 11.5 Å². The normalized spacial score (nSPS) is 10.8. The van der Waals surface area contributed by atoms with Crippen LogP contribution in [0.3, 0.4) is 0 Å². The lowest BCUT2D eigenvalue weighted by molar-refractivity contribution is 0.105. The molecule has 0 atom stereocenters. The molecule has 2 aromatic rings. The fourth-order valence-electron chi connectivity index (χ4n) is 1.62. The van der Waals surface area contributed by atoms with E-state index in [0.717, 1.165) is 16.2 Å². The van der Waals surface area contributed by atoms with E-state index >= 15 is 0 Å². The SMILES string of the molecule is COCCOc1cccc(/C=C\C(=O)c2cccs2)c1. The van der Waals surface area contributed by atoms with Crippen molar-refractivity contribution in [3.05, 3.63) is 58.3 Å². The molecule has 0 aliphatic carbocycles. The second-order valence-electron chi connectivity index (χ2n) is 4.09. The van der Waals surface area contributed by atoms with E-state index in [1.54, 1.807) is 19.3 Å². The Hall–Kier alpha value is -1.91. The molecule has 0 aliphatic heterocycles. The van der Waals surface area contributed by atoms with E-state index in [1.807, 2.05) is 41.8 Å². The number of rotatable bonds is 7. The Morgan fingerprint density at radius 2 is 2.15 bits per heavy atom. The Balaban J connectivity index is 1.98. The molecule has 3 nitrogen and oxygen atoms in total. The zero-order valence-electron chi connectivity index (χ0n) is 11.2. The van der Waals surface area contributed by atoms with Crippen LogP contribution < -0.4 is 4.74 Å². The van der Waals surface area contributed by atoms with Crippen LogP contribution in [-0.4, -0.2) is 26.1 Å². The number of allylic oxidation sites excluding steroid dienone is 1. The van der Waals surface area contributed by atoms with E-state index in [-0.39, 0.29) is 5.78 Å². The maximum Gasteiger partial charge on any atom is 0.195 e. The smallest absolute Gasteiger partial charge is 0.195 e. The lowest BCUT2D eigenvalue weighted by atomic mass is 10.2. The molecule has 0 N–H and O–H groups in total. The molecule has 0 bridgehead atoms. The van der Waals surface area contributed by atoms with Gasteiger partial charge in [-0.15, -0.1) is 11.3 Å². The number of ketones is 1. The molecular weight excluding hydrogens is 272 g/mol. The van der Waals surface area contributed by atoms with E-state index in [9.17, 15) is 4.79 Å². The maximum atomic E-state index is 11.9. The first-order valence-corrected chi connectivity index (χ1v) is 7.15. The number of hydrogen-bond donors (Lipinski definition) is 0. The number of carbonyl (C=O) groups is 1. The minimum absolute atomic E-state index is 0.0192. The van der Waals surface area contributed by atoms with Crippen molar-refractivity contribution in [2.45, 2.75) is 0 Å². The average molecular weight is 288 g/mol. The first kappa shape index (κ1) is 14.5. The third-order valence-corrected chi connectivity index (χ3v) is 3.49. The van der Waals surface area contributed by atoms with Crippen LogP contribution in [0.1, 0.15) is 15.2 Å². The summed E-state index contributed by atoms with van der Waals surface area (Å²) in [6.07, 6.45) is 3.38. The zero-order chi connectivity index (χ0) is 14.2. The van der Waals surface area contributed by atoms with E-state index < -0.39 is 0 Å². The van der Waals surface area contributed by atoms with Gasteiger partial charge >= 0.3 is 0 Å². The summed E-state index contributed by atoms with van der Waals surface area (Å²) in [5.41, 5.74) is 0.935. The van der Waals surface area contributed by atoms with Crippen molar-refractivity contribution >= 4 is 23.2 Å². The number of ether oxygens (including phenoxy) is 2. The minimum Gasteiger partial charge on any atom is -0.491 e. The molecule has 1 aromatic carbocycles. The van der Waals surface area contributed by atoms with Crippen LogP contribution >= 0.6 is 11.3 Å². The topological polar surface area (TPSA) is 35.5 Å². The Morgan fingerprint density at radius 1 is 1.25 bits per heavy atom. The van der Waals surface area contributed by atoms with E-state index in [4.69, 9.17) is 9.47 Å². The minimum atomic E-state index is 0.0192. The molecule has 0 saturated heterocycles. The Morgan fingerprint density at radius 3 is 2.90 bits per heavy atom. The molecule has 1 heterocycles. The number of thiophene rings is 1. The summed E-state index contributed by atoms with van der Waals surface area (Å²) in [6, 6.07) is 11.3. The number of hydrogen-bond acceptors (Lipinski definition) is 4. The quantitative estimate of drug-likeness (QED) is 0.443. The van der Waals surface area contributed by atoms with Crippen LogP contribution in [0.2, 0.25) is 0 Å². The molecule has 104 valence electrons. The summed E-state index contributed by atoms with van der Waals surface area (Å²) in [6.45, 7) is 1.06. The molecular formula is C16H16O3S. The standard InChI is InChI=1S/C16H16O3S/c1-18-9-10-19-14-5-2-4-13(12-14)7-8-15(17)16-6-3-11-20-16/h2-8,11-12H,9-10H2,1H3/b8-7-. The van der Waals surface area contributed by atoms with Crippen molar-refractivity contribution in [1.82, 2.24) is 0 Å². The summed E-state index contributed by atoms with van der Waals surface area (Å²) in [7, 11) is 1.64. The predicted molar refractivity (Wildman–Crippen MR) is 81.5 cm³/mol. The summed E-state index contributed by atoms with van der Waals surface area (Å²) < 4.78 is 10.5. The van der Waals surface area contributed by atoms with Crippen molar-refractivity contribution in [3.63, 3.8) is 0 Å². The second-order valence-corrected chi connectivity index (χ2v) is 5.04. The molecule has 0 fully saturated rings. The van der Waals surface area contributed by atoms with Gasteiger partial charge in [0.2, 0.25) is 0 Å². The predicted octanol–water partition coefficient (Wildman–Crippen LogP) is 3.67. The van der Waals surface area contributed by atoms with Crippen molar-refractivity contribution in [3.8, 4) is 5.75 Å². The first-order valence-electron chi connectivity index (χ1n) is 6.27. The van der Waals surface area contributed by atoms with Gasteiger partial charge in [0.15, 0.2) is 5.78 Å². The van der Waals surface area contributed by atoms with Crippen LogP contribution in [0.5, 0.6) is 5.75 Å². The number of methoxy groups -OCH3 is 1. The van der Waals surface area contributed by atoms with E-state index in [1.165, 1.54) is 11.3 Å². The van der Waals surface area contributed by atoms with Crippen molar-refractivity contribution in [1.29, 1.82) is 0 Å².